The first-order valence-corrected chi connectivity index (χ1v) is 20.4. The Bertz CT molecular complexity index is 1770. The molecule has 7 rings (SSSR count). The van der Waals surface area contributed by atoms with Crippen molar-refractivity contribution in [1.82, 2.24) is 25.2 Å². The van der Waals surface area contributed by atoms with Gasteiger partial charge in [-0.15, -0.1) is 6.58 Å². The molecule has 1 aromatic rings. The fourth-order valence-corrected chi connectivity index (χ4v) is 9.74. The Morgan fingerprint density at radius 1 is 1.02 bits per heavy atom. The van der Waals surface area contributed by atoms with Crippen molar-refractivity contribution >= 4 is 45.8 Å². The molecule has 6 aliphatic rings. The average Bonchev–Trinajstić information content (AvgIpc) is 4.02. The standard InChI is InChI=1S/C38H49N5O8S/c1-2-27-20-38(27,36(47)41-52(49,50)29-17-18-29)40-34(45)31-19-28-22-43(31)35(46)33(25-12-7-5-8-13-25)39-32(44)16-9-4-3-6-11-24-14-10-15-26-21-42(23-30(24)26)37(48)51-28/h2,6,10-11,14-15,25,27-29,31,33H,1,3-5,7-9,12-13,16-23H2,(H,39,44)(H,40,45)(H,41,47)/b11-6+/t27-,28-,31+,33+,38-/m1/s1. The molecule has 3 saturated carbocycles. The Morgan fingerprint density at radius 2 is 1.81 bits per heavy atom. The summed E-state index contributed by atoms with van der Waals surface area (Å²) in [6.45, 7) is 4.44. The molecule has 3 heterocycles. The molecule has 52 heavy (non-hydrogen) atoms. The number of amides is 5. The minimum atomic E-state index is -3.89. The molecular formula is C38H49N5O8S. The Hall–Kier alpha value is -4.20. The van der Waals surface area contributed by atoms with E-state index in [4.69, 9.17) is 4.74 Å². The predicted octanol–water partition coefficient (Wildman–Crippen LogP) is 3.43. The highest BCUT2D eigenvalue weighted by molar-refractivity contribution is 7.91. The van der Waals surface area contributed by atoms with E-state index in [1.807, 2.05) is 18.2 Å². The zero-order chi connectivity index (χ0) is 36.6. The van der Waals surface area contributed by atoms with Gasteiger partial charge in [0, 0.05) is 25.3 Å². The maximum atomic E-state index is 14.6. The number of carbonyl (C=O) groups excluding carboxylic acids is 5. The van der Waals surface area contributed by atoms with Crippen LogP contribution >= 0.6 is 0 Å². The van der Waals surface area contributed by atoms with Crippen LogP contribution < -0.4 is 15.4 Å². The quantitative estimate of drug-likeness (QED) is 0.358. The zero-order valence-electron chi connectivity index (χ0n) is 29.5. The van der Waals surface area contributed by atoms with Gasteiger partial charge in [0.1, 0.15) is 23.7 Å². The summed E-state index contributed by atoms with van der Waals surface area (Å²) in [4.78, 5) is 72.3. The molecule has 3 aliphatic heterocycles. The number of hydrogen-bond acceptors (Lipinski definition) is 8. The number of fused-ring (bicyclic) bond motifs is 3. The fourth-order valence-electron chi connectivity index (χ4n) is 8.38. The van der Waals surface area contributed by atoms with E-state index in [1.165, 1.54) is 11.0 Å². The highest BCUT2D eigenvalue weighted by Crippen LogP contribution is 2.45. The molecule has 3 aliphatic carbocycles. The third-order valence-electron chi connectivity index (χ3n) is 11.7. The summed E-state index contributed by atoms with van der Waals surface area (Å²) in [6, 6.07) is 3.96. The number of benzene rings is 1. The number of allylic oxidation sites excluding steroid dienone is 1. The third kappa shape index (κ3) is 7.49. The van der Waals surface area contributed by atoms with E-state index in [-0.39, 0.29) is 37.6 Å². The first-order valence-electron chi connectivity index (χ1n) is 18.8. The van der Waals surface area contributed by atoms with Gasteiger partial charge in [0.15, 0.2) is 0 Å². The summed E-state index contributed by atoms with van der Waals surface area (Å²) in [5.41, 5.74) is 1.54. The van der Waals surface area contributed by atoms with Crippen molar-refractivity contribution in [2.24, 2.45) is 11.8 Å². The lowest BCUT2D eigenvalue weighted by atomic mass is 9.83. The van der Waals surface area contributed by atoms with Crippen LogP contribution in [0.4, 0.5) is 4.79 Å². The molecule has 13 nitrogen and oxygen atoms in total. The number of sulfonamides is 1. The second-order valence-corrected chi connectivity index (χ2v) is 17.3. The number of hydrogen-bond donors (Lipinski definition) is 3. The molecule has 0 radical (unpaired) electrons. The summed E-state index contributed by atoms with van der Waals surface area (Å²) in [6.07, 6.45) is 12.2. The average molecular weight is 736 g/mol. The summed E-state index contributed by atoms with van der Waals surface area (Å²) in [5.74, 6) is -2.78. The van der Waals surface area contributed by atoms with Gasteiger partial charge < -0.3 is 20.3 Å². The van der Waals surface area contributed by atoms with Gasteiger partial charge in [0.2, 0.25) is 27.7 Å². The van der Waals surface area contributed by atoms with Crippen LogP contribution in [0.3, 0.4) is 0 Å². The lowest BCUT2D eigenvalue weighted by molar-refractivity contribution is -0.143. The Labute approximate surface area is 305 Å². The van der Waals surface area contributed by atoms with Crippen molar-refractivity contribution in [2.45, 2.75) is 126 Å². The van der Waals surface area contributed by atoms with Crippen molar-refractivity contribution < 1.29 is 37.1 Å². The zero-order valence-corrected chi connectivity index (χ0v) is 30.3. The van der Waals surface area contributed by atoms with Crippen molar-refractivity contribution in [3.8, 4) is 0 Å². The maximum absolute atomic E-state index is 14.6. The first kappa shape index (κ1) is 36.2. The Kier molecular flexibility index (Phi) is 10.2. The van der Waals surface area contributed by atoms with Crippen LogP contribution in [0, 0.1) is 11.8 Å². The summed E-state index contributed by atoms with van der Waals surface area (Å²) >= 11 is 0. The minimum absolute atomic E-state index is 0.0275. The first-order chi connectivity index (χ1) is 25.0. The molecular weight excluding hydrogens is 687 g/mol. The van der Waals surface area contributed by atoms with E-state index >= 15 is 0 Å². The Balaban J connectivity index is 1.16. The molecule has 0 spiro atoms. The molecule has 5 amide bonds. The molecule has 5 atom stereocenters. The van der Waals surface area contributed by atoms with Gasteiger partial charge in [0.05, 0.1) is 18.3 Å². The van der Waals surface area contributed by atoms with Crippen LogP contribution in [0.1, 0.15) is 100 Å². The summed E-state index contributed by atoms with van der Waals surface area (Å²) in [7, 11) is -3.89. The van der Waals surface area contributed by atoms with Crippen molar-refractivity contribution in [3.05, 3.63) is 53.6 Å². The van der Waals surface area contributed by atoms with E-state index in [1.54, 1.807) is 4.90 Å². The lowest BCUT2D eigenvalue weighted by Crippen LogP contribution is -2.59. The van der Waals surface area contributed by atoms with E-state index in [0.29, 0.717) is 32.4 Å². The lowest BCUT2D eigenvalue weighted by Gasteiger charge is -2.35. The monoisotopic (exact) mass is 735 g/mol. The van der Waals surface area contributed by atoms with Crippen molar-refractivity contribution in [2.75, 3.05) is 6.54 Å². The number of rotatable bonds is 7. The van der Waals surface area contributed by atoms with Crippen LogP contribution in [0.15, 0.2) is 36.9 Å². The number of nitrogens with zero attached hydrogens (tertiary/aromatic N) is 2. The summed E-state index contributed by atoms with van der Waals surface area (Å²) in [5, 5.41) is 5.19. The molecule has 280 valence electrons. The third-order valence-corrected chi connectivity index (χ3v) is 13.5. The smallest absolute Gasteiger partial charge is 0.410 e. The van der Waals surface area contributed by atoms with Gasteiger partial charge >= 0.3 is 6.09 Å². The van der Waals surface area contributed by atoms with Crippen LogP contribution in [-0.4, -0.2) is 83.5 Å². The highest BCUT2D eigenvalue weighted by atomic mass is 32.2. The molecule has 14 heteroatoms. The minimum Gasteiger partial charge on any atom is -0.444 e. The molecule has 4 fully saturated rings. The van der Waals surface area contributed by atoms with Gasteiger partial charge in [-0.05, 0) is 74.0 Å². The SMILES string of the molecule is C=C[C@@H]1C[C@]1(NC(=O)[C@@H]1C[C@@H]2CN1C(=O)[C@H](C1CCCCC1)NC(=O)CCCC/C=C/c1cccc3c1CN(C3)C(=O)O2)C(=O)NS(=O)(=O)C1CC1. The molecule has 3 N–H and O–H groups in total. The number of nitrogens with one attached hydrogen (secondary N) is 3. The van der Waals surface area contributed by atoms with Gasteiger partial charge in [0.25, 0.3) is 5.91 Å². The van der Waals surface area contributed by atoms with Crippen molar-refractivity contribution in [3.63, 3.8) is 0 Å². The van der Waals surface area contributed by atoms with E-state index in [9.17, 15) is 32.4 Å². The molecule has 0 aromatic heterocycles. The van der Waals surface area contributed by atoms with E-state index < -0.39 is 68.7 Å². The Morgan fingerprint density at radius 3 is 2.54 bits per heavy atom. The van der Waals surface area contributed by atoms with E-state index in [2.05, 4.69) is 34.1 Å². The van der Waals surface area contributed by atoms with Gasteiger partial charge in [-0.25, -0.2) is 13.2 Å². The van der Waals surface area contributed by atoms with Crippen LogP contribution in [0.5, 0.6) is 0 Å². The fraction of sp³-hybridized carbons (Fsp3) is 0.605. The highest BCUT2D eigenvalue weighted by Gasteiger charge is 2.62. The van der Waals surface area contributed by atoms with Gasteiger partial charge in [-0.3, -0.25) is 28.8 Å². The van der Waals surface area contributed by atoms with Gasteiger partial charge in [-0.1, -0.05) is 55.7 Å². The van der Waals surface area contributed by atoms with Crippen LogP contribution in [0.25, 0.3) is 6.08 Å². The molecule has 1 saturated heterocycles. The second kappa shape index (κ2) is 14.7. The predicted molar refractivity (Wildman–Crippen MR) is 191 cm³/mol. The van der Waals surface area contributed by atoms with Crippen LogP contribution in [0.2, 0.25) is 0 Å². The second-order valence-electron chi connectivity index (χ2n) is 15.4. The number of carbonyl (C=O) groups is 5. The van der Waals surface area contributed by atoms with Gasteiger partial charge in [-0.2, -0.15) is 0 Å². The maximum Gasteiger partial charge on any atom is 0.410 e. The normalized spacial score (nSPS) is 30.7. The van der Waals surface area contributed by atoms with E-state index in [0.717, 1.165) is 61.6 Å². The van der Waals surface area contributed by atoms with Crippen molar-refractivity contribution in [1.29, 1.82) is 0 Å². The molecule has 4 bridgehead atoms. The molecule has 1 aromatic carbocycles. The van der Waals surface area contributed by atoms with Crippen LogP contribution in [-0.2, 0) is 47.0 Å². The summed E-state index contributed by atoms with van der Waals surface area (Å²) < 4.78 is 33.6. The largest absolute Gasteiger partial charge is 0.444 e. The molecule has 0 unspecified atom stereocenters. The topological polar surface area (TPSA) is 171 Å². The number of ether oxygens (including phenoxy) is 1.